The predicted octanol–water partition coefficient (Wildman–Crippen LogP) is 1.19. The monoisotopic (exact) mass is 526 g/mol. The van der Waals surface area contributed by atoms with Gasteiger partial charge in [-0.15, -0.1) is 15.0 Å². The third-order valence-electron chi connectivity index (χ3n) is 4.35. The highest BCUT2D eigenvalue weighted by Crippen LogP contribution is 2.30. The number of anilines is 1. The van der Waals surface area contributed by atoms with Crippen LogP contribution < -0.4 is 19.5 Å². The molecular weight excluding hydrogens is 500 g/mol. The van der Waals surface area contributed by atoms with Gasteiger partial charge in [0.15, 0.2) is 9.34 Å². The topological polar surface area (TPSA) is 155 Å². The van der Waals surface area contributed by atoms with Crippen molar-refractivity contribution in [2.75, 3.05) is 44.8 Å². The van der Waals surface area contributed by atoms with Crippen molar-refractivity contribution in [1.29, 1.82) is 0 Å². The highest BCUT2D eigenvalue weighted by atomic mass is 32.2. The van der Waals surface area contributed by atoms with Crippen molar-refractivity contribution in [3.05, 3.63) is 31.0 Å². The van der Waals surface area contributed by atoms with E-state index in [-0.39, 0.29) is 72.8 Å². The first kappa shape index (κ1) is 26.5. The van der Waals surface area contributed by atoms with Crippen LogP contribution in [0.4, 0.5) is 5.13 Å². The van der Waals surface area contributed by atoms with Gasteiger partial charge in [0.25, 0.3) is 10.0 Å². The lowest BCUT2D eigenvalue weighted by Gasteiger charge is -2.31. The maximum absolute atomic E-state index is 13.2. The van der Waals surface area contributed by atoms with Gasteiger partial charge < -0.3 is 24.3 Å². The van der Waals surface area contributed by atoms with E-state index in [0.717, 1.165) is 11.3 Å². The number of nitrogens with one attached hydrogen (secondary N) is 1. The number of hydrogen-bond donors (Lipinski definition) is 1. The smallest absolute Gasteiger partial charge is 0.326 e. The molecule has 1 atom stereocenters. The molecule has 3 rings (SSSR count). The second-order valence-electron chi connectivity index (χ2n) is 7.12. The summed E-state index contributed by atoms with van der Waals surface area (Å²) in [5.41, 5.74) is 0.308. The van der Waals surface area contributed by atoms with Crippen molar-refractivity contribution in [1.82, 2.24) is 24.2 Å². The van der Waals surface area contributed by atoms with Gasteiger partial charge in [0.1, 0.15) is 25.9 Å². The largest absolute Gasteiger partial charge is 0.460 e. The molecule has 0 saturated carbocycles. The summed E-state index contributed by atoms with van der Waals surface area (Å²) in [5, 5.41) is 2.74. The minimum absolute atomic E-state index is 0.0154. The summed E-state index contributed by atoms with van der Waals surface area (Å²) in [5.74, 6) is -0.333. The molecule has 1 saturated heterocycles. The van der Waals surface area contributed by atoms with Gasteiger partial charge in [-0.25, -0.2) is 13.4 Å². The number of ether oxygens (including phenoxy) is 4. The Morgan fingerprint density at radius 2 is 1.74 bits per heavy atom. The van der Waals surface area contributed by atoms with Crippen molar-refractivity contribution in [2.45, 2.75) is 24.2 Å². The van der Waals surface area contributed by atoms with Crippen molar-refractivity contribution < 1.29 is 32.2 Å². The van der Waals surface area contributed by atoms with Crippen LogP contribution in [0.2, 0.25) is 0 Å². The SMILES string of the molecule is C=CCOc1nc(OCC=C)nc(OCC2CN(S(=O)(=O)c3sc(NC(C)=O)nc3C)CCO2)n1. The number of nitrogens with zero attached hydrogens (tertiary/aromatic N) is 5. The quantitative estimate of drug-likeness (QED) is 0.397. The third kappa shape index (κ3) is 7.17. The molecule has 1 fully saturated rings. The average molecular weight is 527 g/mol. The summed E-state index contributed by atoms with van der Waals surface area (Å²) in [6.07, 6.45) is 2.47. The predicted molar refractivity (Wildman–Crippen MR) is 126 cm³/mol. The van der Waals surface area contributed by atoms with E-state index in [0.29, 0.717) is 5.69 Å². The highest BCUT2D eigenvalue weighted by molar-refractivity contribution is 7.91. The standard InChI is InChI=1S/C20H26N6O7S2/c1-5-8-31-17-23-18(32-9-6-2)25-19(24-17)33-12-15-11-26(7-10-30-15)35(28,29)16-13(3)21-20(34-16)22-14(4)27/h5-6,15H,1-2,7-12H2,3-4H3,(H,21,22,27). The molecule has 1 aliphatic rings. The number of hydrogen-bond acceptors (Lipinski definition) is 12. The fourth-order valence-electron chi connectivity index (χ4n) is 2.90. The second-order valence-corrected chi connectivity index (χ2v) is 10.3. The van der Waals surface area contributed by atoms with Gasteiger partial charge >= 0.3 is 18.0 Å². The van der Waals surface area contributed by atoms with Crippen molar-refractivity contribution in [3.8, 4) is 18.0 Å². The minimum Gasteiger partial charge on any atom is -0.460 e. The number of aryl methyl sites for hydroxylation is 1. The highest BCUT2D eigenvalue weighted by Gasteiger charge is 2.34. The van der Waals surface area contributed by atoms with E-state index in [9.17, 15) is 13.2 Å². The van der Waals surface area contributed by atoms with Crippen LogP contribution >= 0.6 is 11.3 Å². The molecule has 2 aromatic heterocycles. The Morgan fingerprint density at radius 1 is 1.14 bits per heavy atom. The molecule has 3 heterocycles. The Morgan fingerprint density at radius 3 is 2.31 bits per heavy atom. The molecular formula is C20H26N6O7S2. The van der Waals surface area contributed by atoms with E-state index in [2.05, 4.69) is 38.4 Å². The lowest BCUT2D eigenvalue weighted by Crippen LogP contribution is -2.47. The number of thiazole rings is 1. The first-order valence-electron chi connectivity index (χ1n) is 10.5. The van der Waals surface area contributed by atoms with Gasteiger partial charge in [0.2, 0.25) is 5.91 Å². The first-order valence-corrected chi connectivity index (χ1v) is 12.7. The molecule has 0 aliphatic carbocycles. The van der Waals surface area contributed by atoms with Crippen LogP contribution in [0.15, 0.2) is 29.5 Å². The summed E-state index contributed by atoms with van der Waals surface area (Å²) in [7, 11) is -3.86. The van der Waals surface area contributed by atoms with Gasteiger partial charge in [-0.2, -0.15) is 4.31 Å². The third-order valence-corrected chi connectivity index (χ3v) is 7.87. The van der Waals surface area contributed by atoms with E-state index in [1.165, 1.54) is 23.4 Å². The Hall–Kier alpha value is -3.14. The number of rotatable bonds is 12. The van der Waals surface area contributed by atoms with Crippen LogP contribution in [-0.4, -0.2) is 84.2 Å². The van der Waals surface area contributed by atoms with Crippen LogP contribution in [0.3, 0.4) is 0 Å². The summed E-state index contributed by atoms with van der Waals surface area (Å²) in [6, 6.07) is -0.100. The molecule has 13 nitrogen and oxygen atoms in total. The van der Waals surface area contributed by atoms with E-state index in [1.807, 2.05) is 0 Å². The summed E-state index contributed by atoms with van der Waals surface area (Å²) >= 11 is 0.902. The van der Waals surface area contributed by atoms with Crippen LogP contribution in [0.1, 0.15) is 12.6 Å². The molecule has 0 bridgehead atoms. The molecule has 2 aromatic rings. The molecule has 190 valence electrons. The number of carbonyl (C=O) groups is 1. The first-order chi connectivity index (χ1) is 16.7. The average Bonchev–Trinajstić information content (AvgIpc) is 3.20. The van der Waals surface area contributed by atoms with E-state index in [1.54, 1.807) is 6.92 Å². The van der Waals surface area contributed by atoms with Crippen LogP contribution in [0, 0.1) is 6.92 Å². The van der Waals surface area contributed by atoms with Crippen LogP contribution in [-0.2, 0) is 19.6 Å². The molecule has 1 amide bonds. The van der Waals surface area contributed by atoms with Gasteiger partial charge in [-0.3, -0.25) is 4.79 Å². The van der Waals surface area contributed by atoms with Crippen molar-refractivity contribution >= 4 is 32.4 Å². The van der Waals surface area contributed by atoms with Gasteiger partial charge in [-0.05, 0) is 6.92 Å². The summed E-state index contributed by atoms with van der Waals surface area (Å²) in [6.45, 7) is 10.7. The number of carbonyl (C=O) groups excluding carboxylic acids is 1. The number of morpholine rings is 1. The summed E-state index contributed by atoms with van der Waals surface area (Å²) in [4.78, 5) is 27.6. The lowest BCUT2D eigenvalue weighted by atomic mass is 10.3. The van der Waals surface area contributed by atoms with Crippen LogP contribution in [0.25, 0.3) is 0 Å². The maximum Gasteiger partial charge on any atom is 0.326 e. The lowest BCUT2D eigenvalue weighted by molar-refractivity contribution is -0.114. The van der Waals surface area contributed by atoms with Gasteiger partial charge in [-0.1, -0.05) is 36.6 Å². The Labute approximate surface area is 206 Å². The normalized spacial score (nSPS) is 16.3. The second kappa shape index (κ2) is 12.0. The maximum atomic E-state index is 13.2. The van der Waals surface area contributed by atoms with Crippen molar-refractivity contribution in [3.63, 3.8) is 0 Å². The fourth-order valence-corrected chi connectivity index (χ4v) is 5.95. The zero-order valence-electron chi connectivity index (χ0n) is 19.3. The zero-order valence-corrected chi connectivity index (χ0v) is 20.9. The van der Waals surface area contributed by atoms with Gasteiger partial charge in [0.05, 0.1) is 12.3 Å². The molecule has 1 aliphatic heterocycles. The van der Waals surface area contributed by atoms with Crippen molar-refractivity contribution in [2.24, 2.45) is 0 Å². The van der Waals surface area contributed by atoms with E-state index >= 15 is 0 Å². The Bertz CT molecular complexity index is 1140. The van der Waals surface area contributed by atoms with E-state index in [4.69, 9.17) is 18.9 Å². The van der Waals surface area contributed by atoms with Crippen LogP contribution in [0.5, 0.6) is 18.0 Å². The summed E-state index contributed by atoms with van der Waals surface area (Å²) < 4.78 is 49.8. The minimum atomic E-state index is -3.86. The number of amides is 1. The Balaban J connectivity index is 1.68. The molecule has 0 radical (unpaired) electrons. The zero-order chi connectivity index (χ0) is 25.4. The molecule has 0 aromatic carbocycles. The number of aromatic nitrogens is 4. The molecule has 0 spiro atoms. The van der Waals surface area contributed by atoms with Gasteiger partial charge in [0, 0.05) is 20.0 Å². The molecule has 1 unspecified atom stereocenters. The fraction of sp³-hybridized carbons (Fsp3) is 0.450. The molecule has 35 heavy (non-hydrogen) atoms. The number of sulfonamides is 1. The molecule has 15 heteroatoms. The molecule has 1 N–H and O–H groups in total. The Kier molecular flexibility index (Phi) is 9.08. The van der Waals surface area contributed by atoms with E-state index < -0.39 is 16.1 Å².